The van der Waals surface area contributed by atoms with Gasteiger partial charge in [0.05, 0.1) is 16.4 Å². The Morgan fingerprint density at radius 2 is 2.30 bits per heavy atom. The predicted octanol–water partition coefficient (Wildman–Crippen LogP) is 0.966. The number of hydrazine groups is 1. The van der Waals surface area contributed by atoms with Gasteiger partial charge in [0.25, 0.3) is 0 Å². The molecule has 4 N–H and O–H groups in total. The van der Waals surface area contributed by atoms with E-state index in [9.17, 15) is 8.42 Å². The average molecular weight is 313 g/mol. The first-order valence-electron chi connectivity index (χ1n) is 6.27. The molecule has 0 amide bonds. The summed E-state index contributed by atoms with van der Waals surface area (Å²) in [4.78, 5) is 9.30. The summed E-state index contributed by atoms with van der Waals surface area (Å²) in [6.07, 6.45) is 1.44. The molecule has 0 bridgehead atoms. The van der Waals surface area contributed by atoms with Crippen LogP contribution in [-0.4, -0.2) is 35.9 Å². The molecule has 20 heavy (non-hydrogen) atoms. The van der Waals surface area contributed by atoms with Gasteiger partial charge >= 0.3 is 0 Å². The third kappa shape index (κ3) is 2.43. The van der Waals surface area contributed by atoms with Crippen molar-refractivity contribution in [1.29, 1.82) is 0 Å². The minimum absolute atomic E-state index is 0.284. The third-order valence-corrected chi connectivity index (χ3v) is 6.50. The Labute approximate surface area is 120 Å². The van der Waals surface area contributed by atoms with Crippen molar-refractivity contribution in [2.75, 3.05) is 23.0 Å². The van der Waals surface area contributed by atoms with Gasteiger partial charge in [0.15, 0.2) is 9.84 Å². The lowest BCUT2D eigenvalue weighted by Gasteiger charge is -2.12. The number of anilines is 2. The fourth-order valence-corrected chi connectivity index (χ4v) is 4.88. The number of nitrogen functional groups attached to an aromatic ring is 1. The number of rotatable bonds is 4. The molecule has 3 rings (SSSR count). The summed E-state index contributed by atoms with van der Waals surface area (Å²) < 4.78 is 23.6. The van der Waals surface area contributed by atoms with Crippen LogP contribution in [0, 0.1) is 0 Å². The molecule has 3 heterocycles. The lowest BCUT2D eigenvalue weighted by Crippen LogP contribution is -2.25. The predicted molar refractivity (Wildman–Crippen MR) is 80.5 cm³/mol. The van der Waals surface area contributed by atoms with E-state index in [1.807, 2.05) is 11.4 Å². The maximum atomic E-state index is 11.8. The van der Waals surface area contributed by atoms with E-state index in [0.29, 0.717) is 24.7 Å². The maximum absolute atomic E-state index is 11.8. The Morgan fingerprint density at radius 3 is 3.00 bits per heavy atom. The summed E-state index contributed by atoms with van der Waals surface area (Å²) in [6.45, 7) is 0.369. The van der Waals surface area contributed by atoms with Crippen LogP contribution in [0.1, 0.15) is 12.8 Å². The zero-order valence-electron chi connectivity index (χ0n) is 10.7. The van der Waals surface area contributed by atoms with Gasteiger partial charge in [-0.15, -0.1) is 11.3 Å². The molecule has 2 aromatic rings. The van der Waals surface area contributed by atoms with Crippen molar-refractivity contribution in [1.82, 2.24) is 9.97 Å². The Bertz CT molecular complexity index is 727. The second-order valence-electron chi connectivity index (χ2n) is 4.69. The Balaban J connectivity index is 1.85. The largest absolute Gasteiger partial charge is 0.368 e. The van der Waals surface area contributed by atoms with Gasteiger partial charge in [-0.1, -0.05) is 0 Å². The van der Waals surface area contributed by atoms with Gasteiger partial charge in [0.1, 0.15) is 10.6 Å². The zero-order chi connectivity index (χ0) is 14.2. The first-order valence-corrected chi connectivity index (χ1v) is 8.87. The van der Waals surface area contributed by atoms with E-state index >= 15 is 0 Å². The summed E-state index contributed by atoms with van der Waals surface area (Å²) in [6, 6.07) is 1.91. The first-order chi connectivity index (χ1) is 9.60. The molecule has 1 atom stereocenters. The number of thiophene rings is 1. The van der Waals surface area contributed by atoms with Gasteiger partial charge in [-0.3, -0.25) is 5.43 Å². The highest BCUT2D eigenvalue weighted by atomic mass is 32.2. The molecular formula is C11H15N5O2S2. The number of aromatic nitrogens is 2. The molecular weight excluding hydrogens is 298 g/mol. The Kier molecular flexibility index (Phi) is 3.48. The first kappa shape index (κ1) is 13.5. The maximum Gasteiger partial charge on any atom is 0.240 e. The summed E-state index contributed by atoms with van der Waals surface area (Å²) in [7, 11) is -2.96. The molecule has 0 saturated carbocycles. The summed E-state index contributed by atoms with van der Waals surface area (Å²) in [5.74, 6) is 6.56. The van der Waals surface area contributed by atoms with Crippen LogP contribution in [0.5, 0.6) is 0 Å². The van der Waals surface area contributed by atoms with Crippen LogP contribution >= 0.6 is 11.3 Å². The number of fused-ring (bicyclic) bond motifs is 1. The average Bonchev–Trinajstić information content (AvgIpc) is 3.01. The molecule has 1 fully saturated rings. The molecule has 7 nitrogen and oxygen atoms in total. The number of nitrogens with zero attached hydrogens (tertiary/aromatic N) is 2. The lowest BCUT2D eigenvalue weighted by atomic mass is 10.2. The molecule has 108 valence electrons. The topological polar surface area (TPSA) is 110 Å². The van der Waals surface area contributed by atoms with E-state index in [4.69, 9.17) is 5.84 Å². The molecule has 0 aromatic carbocycles. The van der Waals surface area contributed by atoms with Crippen molar-refractivity contribution in [3.05, 3.63) is 11.4 Å². The van der Waals surface area contributed by atoms with Gasteiger partial charge < -0.3 is 5.32 Å². The fraction of sp³-hybridized carbons (Fsp3) is 0.455. The number of hydrogen-bond acceptors (Lipinski definition) is 8. The lowest BCUT2D eigenvalue weighted by molar-refractivity contribution is 0.591. The van der Waals surface area contributed by atoms with Gasteiger partial charge in [-0.2, -0.15) is 4.98 Å². The minimum atomic E-state index is -2.96. The number of sulfone groups is 1. The molecule has 0 spiro atoms. The van der Waals surface area contributed by atoms with Crippen LogP contribution in [0.2, 0.25) is 0 Å². The van der Waals surface area contributed by atoms with Crippen LogP contribution in [0.3, 0.4) is 0 Å². The van der Waals surface area contributed by atoms with Crippen LogP contribution in [0.4, 0.5) is 11.8 Å². The van der Waals surface area contributed by atoms with Gasteiger partial charge in [-0.25, -0.2) is 19.2 Å². The van der Waals surface area contributed by atoms with Gasteiger partial charge in [0.2, 0.25) is 5.95 Å². The van der Waals surface area contributed by atoms with E-state index in [2.05, 4.69) is 20.7 Å². The molecule has 1 saturated heterocycles. The van der Waals surface area contributed by atoms with Gasteiger partial charge in [-0.05, 0) is 24.3 Å². The van der Waals surface area contributed by atoms with Crippen LogP contribution in [0.25, 0.3) is 10.2 Å². The second kappa shape index (κ2) is 5.15. The molecule has 1 aliphatic heterocycles. The number of nitrogens with two attached hydrogens (primary N) is 1. The Hall–Kier alpha value is -1.45. The minimum Gasteiger partial charge on any atom is -0.368 e. The van der Waals surface area contributed by atoms with Crippen molar-refractivity contribution < 1.29 is 8.42 Å². The molecule has 0 aliphatic carbocycles. The molecule has 2 aromatic heterocycles. The highest BCUT2D eigenvalue weighted by Gasteiger charge is 2.31. The summed E-state index contributed by atoms with van der Waals surface area (Å²) >= 11 is 1.48. The molecule has 1 unspecified atom stereocenters. The molecule has 1 aliphatic rings. The molecule has 9 heteroatoms. The van der Waals surface area contributed by atoms with Gasteiger partial charge in [0, 0.05) is 6.54 Å². The van der Waals surface area contributed by atoms with E-state index < -0.39 is 9.84 Å². The van der Waals surface area contributed by atoms with Crippen molar-refractivity contribution in [3.8, 4) is 0 Å². The SMILES string of the molecule is NNc1nc(NCC2CCCS2(=O)=O)c2ccsc2n1. The number of hydrogen-bond donors (Lipinski definition) is 3. The quantitative estimate of drug-likeness (QED) is 0.569. The van der Waals surface area contributed by atoms with E-state index in [1.54, 1.807) is 0 Å². The van der Waals surface area contributed by atoms with Crippen molar-refractivity contribution >= 4 is 43.2 Å². The second-order valence-corrected chi connectivity index (χ2v) is 7.99. The van der Waals surface area contributed by atoms with Crippen molar-refractivity contribution in [3.63, 3.8) is 0 Å². The van der Waals surface area contributed by atoms with Crippen LogP contribution in [0.15, 0.2) is 11.4 Å². The van der Waals surface area contributed by atoms with Crippen LogP contribution in [-0.2, 0) is 9.84 Å². The monoisotopic (exact) mass is 313 g/mol. The highest BCUT2D eigenvalue weighted by Crippen LogP contribution is 2.27. The normalized spacial score (nSPS) is 21.1. The smallest absolute Gasteiger partial charge is 0.240 e. The third-order valence-electron chi connectivity index (χ3n) is 3.41. The highest BCUT2D eigenvalue weighted by molar-refractivity contribution is 7.92. The van der Waals surface area contributed by atoms with Crippen molar-refractivity contribution in [2.24, 2.45) is 5.84 Å². The standard InChI is InChI=1S/C11H15N5O2S2/c12-16-11-14-9(8-3-4-19-10(8)15-11)13-6-7-2-1-5-20(7,17)18/h3-4,7H,1-2,5-6,12H2,(H2,13,14,15,16). The molecule has 0 radical (unpaired) electrons. The Morgan fingerprint density at radius 1 is 1.45 bits per heavy atom. The van der Waals surface area contributed by atoms with Crippen LogP contribution < -0.4 is 16.6 Å². The number of nitrogens with one attached hydrogen (secondary N) is 2. The zero-order valence-corrected chi connectivity index (χ0v) is 12.3. The summed E-state index contributed by atoms with van der Waals surface area (Å²) in [5, 5.41) is 5.59. The fourth-order valence-electron chi connectivity index (χ4n) is 2.35. The summed E-state index contributed by atoms with van der Waals surface area (Å²) in [5.41, 5.74) is 2.42. The van der Waals surface area contributed by atoms with E-state index in [1.165, 1.54) is 11.3 Å². The van der Waals surface area contributed by atoms with E-state index in [0.717, 1.165) is 16.6 Å². The van der Waals surface area contributed by atoms with Crippen molar-refractivity contribution in [2.45, 2.75) is 18.1 Å². The van der Waals surface area contributed by atoms with E-state index in [-0.39, 0.29) is 11.0 Å².